The maximum absolute atomic E-state index is 11.7. The molecule has 0 saturated carbocycles. The Bertz CT molecular complexity index is 580. The zero-order valence-electron chi connectivity index (χ0n) is 8.69. The molecule has 0 N–H and O–H groups in total. The van der Waals surface area contributed by atoms with Crippen LogP contribution in [0.3, 0.4) is 0 Å². The van der Waals surface area contributed by atoms with Crippen LogP contribution in [0.4, 0.5) is 0 Å². The summed E-state index contributed by atoms with van der Waals surface area (Å²) in [5.41, 5.74) is 0.715. The number of benzene rings is 2. The molecule has 0 bridgehead atoms. The molecule has 0 spiro atoms. The van der Waals surface area contributed by atoms with Crippen LogP contribution in [0.15, 0.2) is 48.5 Å². The topological polar surface area (TPSA) is 26.3 Å². The monoisotopic (exact) mass is 358 g/mol. The van der Waals surface area contributed by atoms with Gasteiger partial charge in [-0.05, 0) is 0 Å². The second kappa shape index (κ2) is 4.31. The zero-order chi connectivity index (χ0) is 11.8. The fourth-order valence-corrected chi connectivity index (χ4v) is 6.04. The molecule has 4 heteroatoms. The van der Waals surface area contributed by atoms with Crippen molar-refractivity contribution in [1.29, 1.82) is 0 Å². The van der Waals surface area contributed by atoms with E-state index < -0.39 is 20.2 Å². The van der Waals surface area contributed by atoms with Crippen LogP contribution in [0.2, 0.25) is 5.02 Å². The van der Waals surface area contributed by atoms with Crippen LogP contribution >= 0.6 is 31.8 Å². The second-order valence-corrected chi connectivity index (χ2v) is 8.23. The number of carbonyl (C=O) groups excluding carboxylic acids is 1. The summed E-state index contributed by atoms with van der Waals surface area (Å²) < 4.78 is 7.70. The third-order valence-corrected chi connectivity index (χ3v) is 7.37. The van der Waals surface area contributed by atoms with Crippen molar-refractivity contribution >= 4 is 37.8 Å². The van der Waals surface area contributed by atoms with E-state index in [1.54, 1.807) is 0 Å². The molecular formula is C13H8ClIO2. The van der Waals surface area contributed by atoms with E-state index in [0.29, 0.717) is 10.6 Å². The van der Waals surface area contributed by atoms with Gasteiger partial charge < -0.3 is 0 Å². The van der Waals surface area contributed by atoms with Crippen molar-refractivity contribution in [1.82, 2.24) is 0 Å². The first-order valence-corrected chi connectivity index (χ1v) is 8.44. The van der Waals surface area contributed by atoms with Crippen molar-refractivity contribution in [2.45, 2.75) is 0 Å². The van der Waals surface area contributed by atoms with Crippen molar-refractivity contribution in [2.24, 2.45) is 0 Å². The molecule has 2 aromatic carbocycles. The Morgan fingerprint density at radius 1 is 1.00 bits per heavy atom. The van der Waals surface area contributed by atoms with E-state index in [0.717, 1.165) is 7.14 Å². The van der Waals surface area contributed by atoms with Gasteiger partial charge in [0.15, 0.2) is 0 Å². The number of rotatable bonds is 1. The van der Waals surface area contributed by atoms with Gasteiger partial charge >= 0.3 is 112 Å². The van der Waals surface area contributed by atoms with E-state index in [2.05, 4.69) is 0 Å². The van der Waals surface area contributed by atoms with E-state index in [1.807, 2.05) is 48.5 Å². The van der Waals surface area contributed by atoms with E-state index >= 15 is 0 Å². The summed E-state index contributed by atoms with van der Waals surface area (Å²) in [6.07, 6.45) is 0. The van der Waals surface area contributed by atoms with Gasteiger partial charge in [-0.15, -0.1) is 0 Å². The first-order valence-electron chi connectivity index (χ1n) is 5.03. The van der Waals surface area contributed by atoms with E-state index in [4.69, 9.17) is 14.7 Å². The summed E-state index contributed by atoms with van der Waals surface area (Å²) in [5, 5.41) is 0.698. The predicted molar refractivity (Wildman–Crippen MR) is 74.7 cm³/mol. The fourth-order valence-electron chi connectivity index (χ4n) is 1.64. The molecule has 1 heterocycles. The molecule has 0 unspecified atom stereocenters. The summed E-state index contributed by atoms with van der Waals surface area (Å²) in [5.74, 6) is -0.194. The van der Waals surface area contributed by atoms with Crippen molar-refractivity contribution in [3.05, 3.63) is 66.3 Å². The van der Waals surface area contributed by atoms with Crippen molar-refractivity contribution in [3.63, 3.8) is 0 Å². The Hall–Kier alpha value is -1.07. The van der Waals surface area contributed by atoms with Gasteiger partial charge in [0.25, 0.3) is 0 Å². The summed E-state index contributed by atoms with van der Waals surface area (Å²) >= 11 is 3.84. The molecule has 0 amide bonds. The van der Waals surface area contributed by atoms with Gasteiger partial charge in [0.2, 0.25) is 0 Å². The number of halogens is 2. The minimum absolute atomic E-state index is 0.194. The molecule has 86 valence electrons. The van der Waals surface area contributed by atoms with Crippen LogP contribution in [-0.4, -0.2) is 5.97 Å². The normalized spacial score (nSPS) is 15.6. The summed E-state index contributed by atoms with van der Waals surface area (Å²) in [6, 6.07) is 15.2. The molecule has 2 aromatic rings. The molecule has 3 rings (SSSR count). The van der Waals surface area contributed by atoms with Gasteiger partial charge in [0, 0.05) is 0 Å². The van der Waals surface area contributed by atoms with Crippen molar-refractivity contribution in [3.8, 4) is 0 Å². The number of carbonyl (C=O) groups is 1. The number of hydrogen-bond acceptors (Lipinski definition) is 2. The Balaban J connectivity index is 2.07. The Morgan fingerprint density at radius 2 is 1.71 bits per heavy atom. The van der Waals surface area contributed by atoms with Crippen LogP contribution in [0, 0.1) is 7.14 Å². The summed E-state index contributed by atoms with van der Waals surface area (Å²) in [4.78, 5) is 11.7. The van der Waals surface area contributed by atoms with Crippen LogP contribution in [-0.2, 0) is 3.07 Å². The van der Waals surface area contributed by atoms with Crippen LogP contribution in [0.25, 0.3) is 0 Å². The van der Waals surface area contributed by atoms with Gasteiger partial charge in [-0.2, -0.15) is 0 Å². The molecule has 2 nitrogen and oxygen atoms in total. The van der Waals surface area contributed by atoms with Gasteiger partial charge in [0.1, 0.15) is 0 Å². The zero-order valence-corrected chi connectivity index (χ0v) is 11.6. The number of fused-ring (bicyclic) bond motifs is 1. The second-order valence-electron chi connectivity index (χ2n) is 3.53. The third kappa shape index (κ3) is 1.93. The molecule has 1 aliphatic heterocycles. The third-order valence-electron chi connectivity index (χ3n) is 2.43. The summed E-state index contributed by atoms with van der Waals surface area (Å²) in [6.45, 7) is 0. The van der Waals surface area contributed by atoms with E-state index in [1.165, 1.54) is 0 Å². The van der Waals surface area contributed by atoms with Crippen LogP contribution < -0.4 is 0 Å². The van der Waals surface area contributed by atoms with Gasteiger partial charge in [-0.1, -0.05) is 0 Å². The van der Waals surface area contributed by atoms with Gasteiger partial charge in [-0.25, -0.2) is 0 Å². The van der Waals surface area contributed by atoms with E-state index in [9.17, 15) is 4.79 Å². The average molecular weight is 359 g/mol. The molecule has 0 atom stereocenters. The van der Waals surface area contributed by atoms with Crippen LogP contribution in [0.1, 0.15) is 10.4 Å². The first kappa shape index (κ1) is 11.0. The Kier molecular flexibility index (Phi) is 2.80. The van der Waals surface area contributed by atoms with Crippen LogP contribution in [0.5, 0.6) is 0 Å². The molecular weight excluding hydrogens is 350 g/mol. The first-order chi connectivity index (χ1) is 8.25. The van der Waals surface area contributed by atoms with E-state index in [-0.39, 0.29) is 5.97 Å². The average Bonchev–Trinajstić information content (AvgIpc) is 2.69. The maximum atomic E-state index is 11.7. The molecule has 0 aromatic heterocycles. The van der Waals surface area contributed by atoms with Crippen molar-refractivity contribution in [2.75, 3.05) is 0 Å². The molecule has 0 aliphatic carbocycles. The molecule has 0 radical (unpaired) electrons. The molecule has 1 aliphatic rings. The number of hydrogen-bond donors (Lipinski definition) is 0. The standard InChI is InChI=1S/C13H8ClIO2/c14-9-5-7-10(8-6-9)15-12-4-2-1-3-11(12)13(16)17-15/h1-8H. The Labute approximate surface area is 111 Å². The Morgan fingerprint density at radius 3 is 2.47 bits per heavy atom. The predicted octanol–water partition coefficient (Wildman–Crippen LogP) is 3.97. The summed E-state index contributed by atoms with van der Waals surface area (Å²) in [7, 11) is 0. The minimum atomic E-state index is -2.02. The molecule has 0 fully saturated rings. The van der Waals surface area contributed by atoms with Gasteiger partial charge in [0.05, 0.1) is 0 Å². The SMILES string of the molecule is O=C1OI(c2ccc(Cl)cc2)c2ccccc21. The molecule has 0 saturated heterocycles. The molecule has 17 heavy (non-hydrogen) atoms. The van der Waals surface area contributed by atoms with Gasteiger partial charge in [-0.3, -0.25) is 0 Å². The van der Waals surface area contributed by atoms with Crippen molar-refractivity contribution < 1.29 is 7.86 Å². The quantitative estimate of drug-likeness (QED) is 0.721. The fraction of sp³-hybridized carbons (Fsp3) is 0.